The summed E-state index contributed by atoms with van der Waals surface area (Å²) >= 11 is 10.4. The molecule has 0 fully saturated rings. The largest absolute Gasteiger partial charge is 0.507 e. The minimum absolute atomic E-state index is 0.0656. The van der Waals surface area contributed by atoms with Gasteiger partial charge in [-0.15, -0.1) is 0 Å². The molecule has 6 heteroatoms. The van der Waals surface area contributed by atoms with Crippen molar-refractivity contribution in [1.82, 2.24) is 5.43 Å². The van der Waals surface area contributed by atoms with Crippen molar-refractivity contribution in [2.75, 3.05) is 0 Å². The lowest BCUT2D eigenvalue weighted by Crippen LogP contribution is -2.25. The summed E-state index contributed by atoms with van der Waals surface area (Å²) in [6.45, 7) is 1.71. The molecule has 0 amide bonds. The van der Waals surface area contributed by atoms with Gasteiger partial charge in [-0.25, -0.2) is 0 Å². The van der Waals surface area contributed by atoms with Crippen LogP contribution in [0.15, 0.2) is 23.3 Å². The number of hydrogen-bond donors (Lipinski definition) is 3. The van der Waals surface area contributed by atoms with Crippen molar-refractivity contribution in [1.29, 1.82) is 0 Å². The van der Waals surface area contributed by atoms with Gasteiger partial charge in [0.2, 0.25) is 0 Å². The molecule has 0 saturated heterocycles. The van der Waals surface area contributed by atoms with E-state index < -0.39 is 0 Å². The Balaban J connectivity index is 2.99. The van der Waals surface area contributed by atoms with E-state index in [1.54, 1.807) is 19.1 Å². The molecule has 1 aromatic rings. The highest BCUT2D eigenvalue weighted by Gasteiger charge is 2.05. The minimum atomic E-state index is 0.0656. The number of hydrazone groups is 1. The molecule has 4 nitrogen and oxygen atoms in total. The molecule has 0 aliphatic rings. The number of hydrogen-bond acceptors (Lipinski definition) is 3. The van der Waals surface area contributed by atoms with Crippen molar-refractivity contribution in [3.05, 3.63) is 28.8 Å². The van der Waals surface area contributed by atoms with Crippen molar-refractivity contribution < 1.29 is 5.11 Å². The highest BCUT2D eigenvalue weighted by molar-refractivity contribution is 7.80. The van der Waals surface area contributed by atoms with Gasteiger partial charge in [0.25, 0.3) is 0 Å². The van der Waals surface area contributed by atoms with Crippen LogP contribution >= 0.6 is 23.8 Å². The summed E-state index contributed by atoms with van der Waals surface area (Å²) in [7, 11) is 0. The maximum Gasteiger partial charge on any atom is 0.184 e. The molecule has 0 aliphatic carbocycles. The lowest BCUT2D eigenvalue weighted by atomic mass is 10.1. The molecule has 1 rings (SSSR count). The third kappa shape index (κ3) is 3.38. The predicted octanol–water partition coefficient (Wildman–Crippen LogP) is 1.60. The molecule has 4 N–H and O–H groups in total. The van der Waals surface area contributed by atoms with Crippen LogP contribution in [-0.2, 0) is 0 Å². The Bertz CT molecular complexity index is 420. The van der Waals surface area contributed by atoms with Crippen LogP contribution in [0.1, 0.15) is 12.5 Å². The Morgan fingerprint density at radius 3 is 2.87 bits per heavy atom. The minimum Gasteiger partial charge on any atom is -0.507 e. The Labute approximate surface area is 97.7 Å². The molecule has 0 atom stereocenters. The van der Waals surface area contributed by atoms with Crippen molar-refractivity contribution in [3.63, 3.8) is 0 Å². The SMILES string of the molecule is C/C(=N\NC(N)=S)c1cc(Cl)ccc1O. The first-order valence-corrected chi connectivity index (χ1v) is 4.88. The van der Waals surface area contributed by atoms with E-state index in [0.717, 1.165) is 0 Å². The summed E-state index contributed by atoms with van der Waals surface area (Å²) < 4.78 is 0. The van der Waals surface area contributed by atoms with Crippen LogP contribution in [-0.4, -0.2) is 15.9 Å². The molecule has 80 valence electrons. The number of benzene rings is 1. The van der Waals surface area contributed by atoms with Gasteiger partial charge >= 0.3 is 0 Å². The number of nitrogens with zero attached hydrogens (tertiary/aromatic N) is 1. The fraction of sp³-hybridized carbons (Fsp3) is 0.111. The smallest absolute Gasteiger partial charge is 0.184 e. The number of phenolic OH excluding ortho intramolecular Hbond substituents is 1. The average Bonchev–Trinajstić information content (AvgIpc) is 2.18. The molecule has 0 unspecified atom stereocenters. The monoisotopic (exact) mass is 243 g/mol. The highest BCUT2D eigenvalue weighted by atomic mass is 35.5. The average molecular weight is 244 g/mol. The zero-order valence-electron chi connectivity index (χ0n) is 7.99. The van der Waals surface area contributed by atoms with Crippen molar-refractivity contribution in [3.8, 4) is 5.75 Å². The number of thiocarbonyl (C=S) groups is 1. The van der Waals surface area contributed by atoms with Gasteiger partial charge in [0.15, 0.2) is 5.11 Å². The van der Waals surface area contributed by atoms with Crippen LogP contribution in [0, 0.1) is 0 Å². The third-order valence-electron chi connectivity index (χ3n) is 1.68. The maximum atomic E-state index is 9.54. The van der Waals surface area contributed by atoms with Crippen molar-refractivity contribution >= 4 is 34.6 Å². The van der Waals surface area contributed by atoms with Crippen LogP contribution in [0.25, 0.3) is 0 Å². The molecule has 0 saturated carbocycles. The van der Waals surface area contributed by atoms with Gasteiger partial charge in [-0.05, 0) is 37.3 Å². The second-order valence-electron chi connectivity index (χ2n) is 2.83. The summed E-state index contributed by atoms with van der Waals surface area (Å²) in [5, 5.41) is 14.0. The standard InChI is InChI=1S/C9H10ClN3OS/c1-5(12-13-9(11)15)7-4-6(10)2-3-8(7)14/h2-4,14H,1H3,(H3,11,13,15)/b12-5+. The highest BCUT2D eigenvalue weighted by Crippen LogP contribution is 2.21. The van der Waals surface area contributed by atoms with E-state index in [9.17, 15) is 5.11 Å². The van der Waals surface area contributed by atoms with Crippen LogP contribution in [0.5, 0.6) is 5.75 Å². The molecule has 0 bridgehead atoms. The Kier molecular flexibility index (Phi) is 3.88. The van der Waals surface area contributed by atoms with Gasteiger partial charge in [-0.1, -0.05) is 11.6 Å². The van der Waals surface area contributed by atoms with E-state index in [4.69, 9.17) is 17.3 Å². The molecular weight excluding hydrogens is 234 g/mol. The number of nitrogens with two attached hydrogens (primary N) is 1. The zero-order chi connectivity index (χ0) is 11.4. The fourth-order valence-corrected chi connectivity index (χ4v) is 1.21. The van der Waals surface area contributed by atoms with Gasteiger partial charge < -0.3 is 10.8 Å². The quantitative estimate of drug-likeness (QED) is 0.419. The van der Waals surface area contributed by atoms with E-state index in [2.05, 4.69) is 22.7 Å². The summed E-state index contributed by atoms with van der Waals surface area (Å²) in [6.07, 6.45) is 0. The first-order valence-electron chi connectivity index (χ1n) is 4.09. The van der Waals surface area contributed by atoms with Crippen molar-refractivity contribution in [2.45, 2.75) is 6.92 Å². The van der Waals surface area contributed by atoms with Crippen LogP contribution in [0.4, 0.5) is 0 Å². The second kappa shape index (κ2) is 4.95. The fourth-order valence-electron chi connectivity index (χ4n) is 0.997. The summed E-state index contributed by atoms with van der Waals surface area (Å²) in [5.41, 5.74) is 8.72. The van der Waals surface area contributed by atoms with Crippen LogP contribution in [0.3, 0.4) is 0 Å². The topological polar surface area (TPSA) is 70.6 Å². The van der Waals surface area contributed by atoms with Gasteiger partial charge in [0.1, 0.15) is 5.75 Å². The molecule has 15 heavy (non-hydrogen) atoms. The van der Waals surface area contributed by atoms with Crippen molar-refractivity contribution in [2.24, 2.45) is 10.8 Å². The Morgan fingerprint density at radius 2 is 2.27 bits per heavy atom. The summed E-state index contributed by atoms with van der Waals surface area (Å²) in [6, 6.07) is 4.70. The number of halogens is 1. The number of rotatable bonds is 2. The van der Waals surface area contributed by atoms with Gasteiger partial charge in [-0.2, -0.15) is 5.10 Å². The zero-order valence-corrected chi connectivity index (χ0v) is 9.56. The summed E-state index contributed by atoms with van der Waals surface area (Å²) in [4.78, 5) is 0. The predicted molar refractivity (Wildman–Crippen MR) is 65.2 cm³/mol. The first-order chi connectivity index (χ1) is 7.00. The molecular formula is C9H10ClN3OS. The Hall–Kier alpha value is -1.33. The van der Waals surface area contributed by atoms with Crippen LogP contribution < -0.4 is 11.2 Å². The van der Waals surface area contributed by atoms with Gasteiger partial charge in [0.05, 0.1) is 5.71 Å². The number of phenols is 1. The third-order valence-corrected chi connectivity index (χ3v) is 2.01. The first kappa shape index (κ1) is 11.7. The van der Waals surface area contributed by atoms with Gasteiger partial charge in [-0.3, -0.25) is 5.43 Å². The molecule has 0 aromatic heterocycles. The number of nitrogens with one attached hydrogen (secondary N) is 1. The molecule has 0 aliphatic heterocycles. The molecule has 0 spiro atoms. The molecule has 0 heterocycles. The lowest BCUT2D eigenvalue weighted by molar-refractivity contribution is 0.474. The lowest BCUT2D eigenvalue weighted by Gasteiger charge is -2.04. The van der Waals surface area contributed by atoms with Gasteiger partial charge in [0, 0.05) is 10.6 Å². The van der Waals surface area contributed by atoms with E-state index in [-0.39, 0.29) is 10.9 Å². The second-order valence-corrected chi connectivity index (χ2v) is 3.71. The van der Waals surface area contributed by atoms with E-state index in [1.165, 1.54) is 6.07 Å². The molecule has 0 radical (unpaired) electrons. The van der Waals surface area contributed by atoms with E-state index >= 15 is 0 Å². The Morgan fingerprint density at radius 1 is 1.60 bits per heavy atom. The van der Waals surface area contributed by atoms with Crippen LogP contribution in [0.2, 0.25) is 5.02 Å². The maximum absolute atomic E-state index is 9.54. The number of aromatic hydroxyl groups is 1. The molecule has 1 aromatic carbocycles. The normalized spacial score (nSPS) is 11.2. The van der Waals surface area contributed by atoms with E-state index in [1.807, 2.05) is 0 Å². The summed E-state index contributed by atoms with van der Waals surface area (Å²) in [5.74, 6) is 0.102. The van der Waals surface area contributed by atoms with E-state index in [0.29, 0.717) is 16.3 Å².